The van der Waals surface area contributed by atoms with E-state index < -0.39 is 27.6 Å². The molecule has 0 spiro atoms. The Bertz CT molecular complexity index is 652. The second-order valence-electron chi connectivity index (χ2n) is 12.2. The second-order valence-corrected chi connectivity index (χ2v) is 22.6. The molecule has 0 aromatic rings. The minimum atomic E-state index is -2.11. The minimum absolute atomic E-state index is 0.0361. The highest BCUT2D eigenvalue weighted by Gasteiger charge is 2.57. The lowest BCUT2D eigenvalue weighted by atomic mass is 9.89. The number of rotatable bonds is 12. The summed E-state index contributed by atoms with van der Waals surface area (Å²) in [6, 6.07) is 1.10. The van der Waals surface area contributed by atoms with Crippen molar-refractivity contribution in [2.75, 3.05) is 27.1 Å². The number of hydrogen-bond donors (Lipinski definition) is 0. The Morgan fingerprint density at radius 2 is 1.75 bits per heavy atom. The Kier molecular flexibility index (Phi) is 9.98. The normalized spacial score (nSPS) is 26.9. The van der Waals surface area contributed by atoms with E-state index in [4.69, 9.17) is 23.4 Å². The molecule has 1 fully saturated rings. The molecule has 1 rings (SSSR count). The largest absolute Gasteiger partial charge is 0.469 e. The Morgan fingerprint density at radius 1 is 1.16 bits per heavy atom. The van der Waals surface area contributed by atoms with Crippen LogP contribution in [0.5, 0.6) is 0 Å². The highest BCUT2D eigenvalue weighted by atomic mass is 28.4. The van der Waals surface area contributed by atoms with Gasteiger partial charge in [-0.05, 0) is 43.6 Å². The quantitative estimate of drug-likeness (QED) is 0.114. The second kappa shape index (κ2) is 10.8. The SMILES string of the molecule is C=C(C)[C@]1(COCOCC[Si](C)(C)C)CC(O[Si](C)(C)C(C)(C)C)C(C)(CC(=O)OC)O1. The van der Waals surface area contributed by atoms with Crippen molar-refractivity contribution >= 4 is 22.4 Å². The van der Waals surface area contributed by atoms with Gasteiger partial charge < -0.3 is 23.4 Å². The van der Waals surface area contributed by atoms with Gasteiger partial charge in [0.05, 0.1) is 26.2 Å². The summed E-state index contributed by atoms with van der Waals surface area (Å²) in [7, 11) is -1.85. The topological polar surface area (TPSA) is 63.2 Å². The van der Waals surface area contributed by atoms with Crippen LogP contribution >= 0.6 is 0 Å². The number of methoxy groups -OCH3 is 1. The molecule has 0 aliphatic carbocycles. The van der Waals surface area contributed by atoms with Gasteiger partial charge in [-0.1, -0.05) is 47.0 Å². The van der Waals surface area contributed by atoms with Crippen LogP contribution in [0.3, 0.4) is 0 Å². The van der Waals surface area contributed by atoms with Crippen molar-refractivity contribution in [2.24, 2.45) is 0 Å². The van der Waals surface area contributed by atoms with Crippen LogP contribution in [-0.4, -0.2) is 66.8 Å². The van der Waals surface area contributed by atoms with Crippen molar-refractivity contribution in [1.29, 1.82) is 0 Å². The van der Waals surface area contributed by atoms with Gasteiger partial charge in [0, 0.05) is 21.1 Å². The number of carbonyl (C=O) groups is 1. The third-order valence-corrected chi connectivity index (χ3v) is 13.1. The summed E-state index contributed by atoms with van der Waals surface area (Å²) in [6.07, 6.45) is 0.428. The molecule has 0 amide bonds. The maximum atomic E-state index is 12.3. The summed E-state index contributed by atoms with van der Waals surface area (Å²) in [5.41, 5.74) is -0.710. The molecule has 2 unspecified atom stereocenters. The average molecular weight is 489 g/mol. The first-order valence-electron chi connectivity index (χ1n) is 11.6. The van der Waals surface area contributed by atoms with E-state index in [1.807, 2.05) is 13.8 Å². The van der Waals surface area contributed by atoms with Crippen molar-refractivity contribution in [3.8, 4) is 0 Å². The van der Waals surface area contributed by atoms with E-state index in [0.717, 1.165) is 11.6 Å². The lowest BCUT2D eigenvalue weighted by molar-refractivity contribution is -0.165. The van der Waals surface area contributed by atoms with Crippen LogP contribution in [0.15, 0.2) is 12.2 Å². The third-order valence-electron chi connectivity index (χ3n) is 6.87. The van der Waals surface area contributed by atoms with Crippen molar-refractivity contribution in [3.63, 3.8) is 0 Å². The summed E-state index contributed by atoms with van der Waals surface area (Å²) in [4.78, 5) is 12.3. The zero-order valence-electron chi connectivity index (χ0n) is 22.5. The van der Waals surface area contributed by atoms with Crippen LogP contribution in [0.4, 0.5) is 0 Å². The monoisotopic (exact) mass is 488 g/mol. The van der Waals surface area contributed by atoms with Crippen LogP contribution in [-0.2, 0) is 28.2 Å². The van der Waals surface area contributed by atoms with E-state index in [9.17, 15) is 4.79 Å². The third kappa shape index (κ3) is 8.06. The van der Waals surface area contributed by atoms with Gasteiger partial charge in [0.2, 0.25) is 0 Å². The van der Waals surface area contributed by atoms with E-state index in [1.165, 1.54) is 7.11 Å². The fraction of sp³-hybridized carbons (Fsp3) is 0.875. The fourth-order valence-corrected chi connectivity index (χ4v) is 5.61. The maximum Gasteiger partial charge on any atom is 0.308 e. The number of ether oxygens (including phenoxy) is 4. The summed E-state index contributed by atoms with van der Waals surface area (Å²) >= 11 is 0. The van der Waals surface area contributed by atoms with Crippen LogP contribution in [0.25, 0.3) is 0 Å². The van der Waals surface area contributed by atoms with Crippen LogP contribution < -0.4 is 0 Å². The molecule has 0 bridgehead atoms. The summed E-state index contributed by atoms with van der Waals surface area (Å²) in [5, 5.41) is 0.0361. The van der Waals surface area contributed by atoms with E-state index in [1.54, 1.807) is 0 Å². The zero-order chi connectivity index (χ0) is 25.0. The van der Waals surface area contributed by atoms with Gasteiger partial charge in [0.1, 0.15) is 18.0 Å². The predicted octanol–water partition coefficient (Wildman–Crippen LogP) is 5.76. The van der Waals surface area contributed by atoms with E-state index in [-0.39, 0.29) is 30.3 Å². The molecule has 32 heavy (non-hydrogen) atoms. The maximum absolute atomic E-state index is 12.3. The molecule has 0 saturated carbocycles. The van der Waals surface area contributed by atoms with Gasteiger partial charge in [0.25, 0.3) is 0 Å². The van der Waals surface area contributed by atoms with Crippen molar-refractivity contribution in [2.45, 2.75) is 109 Å². The molecule has 0 aromatic heterocycles. The molecule has 188 valence electrons. The Balaban J connectivity index is 3.00. The Morgan fingerprint density at radius 3 is 2.22 bits per heavy atom. The number of carbonyl (C=O) groups excluding carboxylic acids is 1. The highest BCUT2D eigenvalue weighted by molar-refractivity contribution is 6.76. The lowest BCUT2D eigenvalue weighted by Crippen LogP contribution is -2.50. The molecule has 1 saturated heterocycles. The number of esters is 1. The molecule has 0 N–H and O–H groups in total. The number of hydrogen-bond acceptors (Lipinski definition) is 6. The summed E-state index contributed by atoms with van der Waals surface area (Å²) in [6.45, 7) is 27.3. The summed E-state index contributed by atoms with van der Waals surface area (Å²) in [5.74, 6) is -0.315. The van der Waals surface area contributed by atoms with Crippen molar-refractivity contribution in [3.05, 3.63) is 12.2 Å². The molecule has 1 heterocycles. The van der Waals surface area contributed by atoms with E-state index in [0.29, 0.717) is 19.6 Å². The average Bonchev–Trinajstić information content (AvgIpc) is 2.88. The lowest BCUT2D eigenvalue weighted by Gasteiger charge is -2.41. The van der Waals surface area contributed by atoms with Gasteiger partial charge in [-0.2, -0.15) is 0 Å². The van der Waals surface area contributed by atoms with Crippen LogP contribution in [0.2, 0.25) is 43.8 Å². The first-order chi connectivity index (χ1) is 14.4. The van der Waals surface area contributed by atoms with Gasteiger partial charge in [-0.25, -0.2) is 0 Å². The van der Waals surface area contributed by atoms with Crippen LogP contribution in [0.1, 0.15) is 47.5 Å². The fourth-order valence-electron chi connectivity index (χ4n) is 3.45. The zero-order valence-corrected chi connectivity index (χ0v) is 24.5. The molecule has 1 aliphatic heterocycles. The van der Waals surface area contributed by atoms with E-state index in [2.05, 4.69) is 60.1 Å². The van der Waals surface area contributed by atoms with Crippen LogP contribution in [0, 0.1) is 0 Å². The van der Waals surface area contributed by atoms with Gasteiger partial charge in [-0.3, -0.25) is 4.79 Å². The smallest absolute Gasteiger partial charge is 0.308 e. The molecular formula is C24H48O6Si2. The standard InChI is InChI=1S/C24H48O6Si2/c1-19(2)24(17-28-18-27-13-14-31(8,9)10)15-20(29-32(11,12)22(3,4)5)23(6,30-24)16-21(25)26-7/h20H,1,13-18H2,2-12H3/t20?,23?,24-/m1/s1. The minimum Gasteiger partial charge on any atom is -0.469 e. The molecule has 8 heteroatoms. The van der Waals surface area contributed by atoms with Crippen molar-refractivity contribution in [1.82, 2.24) is 0 Å². The van der Waals surface area contributed by atoms with Gasteiger partial charge in [0.15, 0.2) is 8.32 Å². The first-order valence-corrected chi connectivity index (χ1v) is 18.3. The van der Waals surface area contributed by atoms with Gasteiger partial charge in [-0.15, -0.1) is 0 Å². The highest BCUT2D eigenvalue weighted by Crippen LogP contribution is 2.48. The van der Waals surface area contributed by atoms with Gasteiger partial charge >= 0.3 is 5.97 Å². The summed E-state index contributed by atoms with van der Waals surface area (Å²) < 4.78 is 30.0. The molecule has 6 nitrogen and oxygen atoms in total. The predicted molar refractivity (Wildman–Crippen MR) is 135 cm³/mol. The molecule has 3 atom stereocenters. The molecule has 1 aliphatic rings. The van der Waals surface area contributed by atoms with E-state index >= 15 is 0 Å². The molecular weight excluding hydrogens is 440 g/mol. The Hall–Kier alpha value is -0.516. The first kappa shape index (κ1) is 29.5. The van der Waals surface area contributed by atoms with Crippen molar-refractivity contribution < 1.29 is 28.2 Å². The molecule has 0 radical (unpaired) electrons. The Labute approximate surface area is 198 Å². The molecule has 0 aromatic carbocycles.